The highest BCUT2D eigenvalue weighted by molar-refractivity contribution is 5.92. The van der Waals surface area contributed by atoms with Crippen molar-refractivity contribution in [1.82, 2.24) is 5.32 Å². The minimum Gasteiger partial charge on any atom is -0.454 e. The highest BCUT2D eigenvalue weighted by Gasteiger charge is 2.22. The third-order valence-electron chi connectivity index (χ3n) is 4.21. The molecule has 1 amide bonds. The lowest BCUT2D eigenvalue weighted by atomic mass is 10.0. The monoisotopic (exact) mass is 355 g/mol. The topological polar surface area (TPSA) is 73.9 Å². The van der Waals surface area contributed by atoms with E-state index in [1.54, 1.807) is 25.1 Å². The fourth-order valence-electron chi connectivity index (χ4n) is 2.60. The number of esters is 1. The van der Waals surface area contributed by atoms with Gasteiger partial charge in [-0.3, -0.25) is 4.79 Å². The van der Waals surface area contributed by atoms with Gasteiger partial charge in [0.2, 0.25) is 6.79 Å². The lowest BCUT2D eigenvalue weighted by molar-refractivity contribution is -0.129. The zero-order chi connectivity index (χ0) is 18.5. The molecule has 1 aliphatic heterocycles. The molecule has 2 aromatic carbocycles. The van der Waals surface area contributed by atoms with Crippen LogP contribution in [0.25, 0.3) is 0 Å². The Labute approximate surface area is 152 Å². The zero-order valence-corrected chi connectivity index (χ0v) is 14.7. The third-order valence-corrected chi connectivity index (χ3v) is 4.21. The highest BCUT2D eigenvalue weighted by Crippen LogP contribution is 2.32. The van der Waals surface area contributed by atoms with Gasteiger partial charge in [-0.2, -0.15) is 0 Å². The van der Waals surface area contributed by atoms with Crippen LogP contribution in [0.1, 0.15) is 35.7 Å². The van der Waals surface area contributed by atoms with Crippen LogP contribution in [-0.4, -0.2) is 31.3 Å². The molecule has 136 valence electrons. The molecular formula is C20H21NO5. The summed E-state index contributed by atoms with van der Waals surface area (Å²) in [6, 6.07) is 14.7. The molecule has 0 aromatic heterocycles. The molecule has 2 aromatic rings. The average Bonchev–Trinajstić information content (AvgIpc) is 3.14. The quantitative estimate of drug-likeness (QED) is 0.807. The molecule has 0 spiro atoms. The zero-order valence-electron chi connectivity index (χ0n) is 14.7. The molecule has 6 nitrogen and oxygen atoms in total. The van der Waals surface area contributed by atoms with Crippen LogP contribution in [0.4, 0.5) is 0 Å². The first kappa shape index (κ1) is 17.8. The van der Waals surface area contributed by atoms with Gasteiger partial charge in [-0.1, -0.05) is 37.3 Å². The van der Waals surface area contributed by atoms with Crippen molar-refractivity contribution in [3.63, 3.8) is 0 Å². The Kier molecular flexibility index (Phi) is 5.41. The van der Waals surface area contributed by atoms with Crippen LogP contribution in [0.15, 0.2) is 48.5 Å². The molecular weight excluding hydrogens is 334 g/mol. The van der Waals surface area contributed by atoms with Crippen molar-refractivity contribution in [3.8, 4) is 11.5 Å². The van der Waals surface area contributed by atoms with Crippen LogP contribution in [-0.2, 0) is 9.53 Å². The van der Waals surface area contributed by atoms with Crippen molar-refractivity contribution < 1.29 is 23.8 Å². The summed E-state index contributed by atoms with van der Waals surface area (Å²) in [4.78, 5) is 24.4. The predicted octanol–water partition coefficient (Wildman–Crippen LogP) is 2.88. The number of fused-ring (bicyclic) bond motifs is 1. The lowest BCUT2D eigenvalue weighted by Crippen LogP contribution is -2.37. The van der Waals surface area contributed by atoms with Crippen molar-refractivity contribution in [2.24, 2.45) is 0 Å². The third kappa shape index (κ3) is 4.14. The molecule has 0 unspecified atom stereocenters. The number of hydrogen-bond acceptors (Lipinski definition) is 5. The van der Waals surface area contributed by atoms with Crippen molar-refractivity contribution in [3.05, 3.63) is 59.7 Å². The maximum absolute atomic E-state index is 12.2. The standard InChI is InChI=1S/C20H21NO5/c1-13(15-6-4-3-5-7-15)11-21-19(22)14(2)26-20(23)16-8-9-17-18(10-16)25-12-24-17/h3-10,13-14H,11-12H2,1-2H3,(H,21,22)/t13-,14+/m0/s1. The second-order valence-electron chi connectivity index (χ2n) is 6.17. The Hall–Kier alpha value is -3.02. The molecule has 3 rings (SSSR count). The number of rotatable bonds is 6. The van der Waals surface area contributed by atoms with Gasteiger partial charge in [-0.25, -0.2) is 4.79 Å². The lowest BCUT2D eigenvalue weighted by Gasteiger charge is -2.16. The SMILES string of the molecule is C[C@@H](OC(=O)c1ccc2c(c1)OCO2)C(=O)NC[C@H](C)c1ccccc1. The van der Waals surface area contributed by atoms with Gasteiger partial charge >= 0.3 is 5.97 Å². The number of benzene rings is 2. The number of amides is 1. The molecule has 0 saturated carbocycles. The van der Waals surface area contributed by atoms with Gasteiger partial charge in [0, 0.05) is 6.54 Å². The molecule has 0 saturated heterocycles. The number of nitrogens with one attached hydrogen (secondary N) is 1. The van der Waals surface area contributed by atoms with Crippen molar-refractivity contribution in [1.29, 1.82) is 0 Å². The molecule has 0 radical (unpaired) electrons. The molecule has 1 aliphatic rings. The maximum atomic E-state index is 12.2. The summed E-state index contributed by atoms with van der Waals surface area (Å²) in [5, 5.41) is 2.82. The van der Waals surface area contributed by atoms with E-state index in [0.29, 0.717) is 23.6 Å². The molecule has 1 heterocycles. The van der Waals surface area contributed by atoms with E-state index >= 15 is 0 Å². The van der Waals surface area contributed by atoms with E-state index in [1.165, 1.54) is 0 Å². The van der Waals surface area contributed by atoms with Gasteiger partial charge in [0.25, 0.3) is 5.91 Å². The molecule has 0 aliphatic carbocycles. The van der Waals surface area contributed by atoms with E-state index in [1.807, 2.05) is 37.3 Å². The number of carbonyl (C=O) groups is 2. The average molecular weight is 355 g/mol. The van der Waals surface area contributed by atoms with E-state index in [-0.39, 0.29) is 18.6 Å². The Balaban J connectivity index is 1.51. The molecule has 0 fully saturated rings. The van der Waals surface area contributed by atoms with Crippen LogP contribution in [0, 0.1) is 0 Å². The molecule has 26 heavy (non-hydrogen) atoms. The van der Waals surface area contributed by atoms with Crippen molar-refractivity contribution in [2.75, 3.05) is 13.3 Å². The molecule has 1 N–H and O–H groups in total. The largest absolute Gasteiger partial charge is 0.454 e. The van der Waals surface area contributed by atoms with Crippen molar-refractivity contribution in [2.45, 2.75) is 25.9 Å². The highest BCUT2D eigenvalue weighted by atomic mass is 16.7. The summed E-state index contributed by atoms with van der Waals surface area (Å²) >= 11 is 0. The van der Waals surface area contributed by atoms with Crippen LogP contribution in [0.3, 0.4) is 0 Å². The van der Waals surface area contributed by atoms with E-state index in [2.05, 4.69) is 5.32 Å². The minimum atomic E-state index is -0.893. The second kappa shape index (κ2) is 7.91. The van der Waals surface area contributed by atoms with E-state index < -0.39 is 12.1 Å². The van der Waals surface area contributed by atoms with Gasteiger partial charge in [-0.05, 0) is 36.6 Å². The Bertz CT molecular complexity index is 790. The first-order valence-corrected chi connectivity index (χ1v) is 8.48. The van der Waals surface area contributed by atoms with E-state index in [4.69, 9.17) is 14.2 Å². The van der Waals surface area contributed by atoms with Gasteiger partial charge in [0.05, 0.1) is 5.56 Å². The number of ether oxygens (including phenoxy) is 3. The van der Waals surface area contributed by atoms with Crippen LogP contribution in [0.2, 0.25) is 0 Å². The Morgan fingerprint density at radius 2 is 1.81 bits per heavy atom. The van der Waals surface area contributed by atoms with Crippen LogP contribution < -0.4 is 14.8 Å². The minimum absolute atomic E-state index is 0.131. The summed E-state index contributed by atoms with van der Waals surface area (Å²) in [6.45, 7) is 4.17. The van der Waals surface area contributed by atoms with Crippen LogP contribution >= 0.6 is 0 Å². The van der Waals surface area contributed by atoms with Gasteiger partial charge in [0.1, 0.15) is 0 Å². The molecule has 2 atom stereocenters. The fraction of sp³-hybridized carbons (Fsp3) is 0.300. The normalized spacial score (nSPS) is 14.4. The summed E-state index contributed by atoms with van der Waals surface area (Å²) in [7, 11) is 0. The smallest absolute Gasteiger partial charge is 0.339 e. The first-order chi connectivity index (χ1) is 12.5. The summed E-state index contributed by atoms with van der Waals surface area (Å²) in [5.74, 6) is 0.330. The predicted molar refractivity (Wildman–Crippen MR) is 95.3 cm³/mol. The Morgan fingerprint density at radius 1 is 1.08 bits per heavy atom. The van der Waals surface area contributed by atoms with Gasteiger partial charge in [-0.15, -0.1) is 0 Å². The first-order valence-electron chi connectivity index (χ1n) is 8.48. The van der Waals surface area contributed by atoms with Crippen LogP contribution in [0.5, 0.6) is 11.5 Å². The van der Waals surface area contributed by atoms with Crippen molar-refractivity contribution >= 4 is 11.9 Å². The Morgan fingerprint density at radius 3 is 2.58 bits per heavy atom. The summed E-state index contributed by atoms with van der Waals surface area (Å²) in [5.41, 5.74) is 1.45. The van der Waals surface area contributed by atoms with E-state index in [0.717, 1.165) is 5.56 Å². The summed E-state index contributed by atoms with van der Waals surface area (Å²) in [6.07, 6.45) is -0.893. The summed E-state index contributed by atoms with van der Waals surface area (Å²) < 4.78 is 15.7. The fourth-order valence-corrected chi connectivity index (χ4v) is 2.60. The second-order valence-corrected chi connectivity index (χ2v) is 6.17. The molecule has 0 bridgehead atoms. The number of hydrogen-bond donors (Lipinski definition) is 1. The van der Waals surface area contributed by atoms with Gasteiger partial charge in [0.15, 0.2) is 17.6 Å². The number of carbonyl (C=O) groups excluding carboxylic acids is 2. The van der Waals surface area contributed by atoms with Gasteiger partial charge < -0.3 is 19.5 Å². The molecule has 6 heteroatoms. The maximum Gasteiger partial charge on any atom is 0.339 e. The van der Waals surface area contributed by atoms with E-state index in [9.17, 15) is 9.59 Å².